The Balaban J connectivity index is 1.99. The predicted molar refractivity (Wildman–Crippen MR) is 98.0 cm³/mol. The van der Waals surface area contributed by atoms with E-state index in [1.54, 1.807) is 23.1 Å². The number of halogens is 1. The van der Waals surface area contributed by atoms with E-state index in [9.17, 15) is 14.3 Å². The zero-order valence-electron chi connectivity index (χ0n) is 14.9. The standard InChI is InChI=1S/C20H25FN2O2/c1-4-23(12-18(24)16-10-5-6-11-17(16)21)13-19(25)22-20-14(2)8-7-9-15(20)3/h5-11,18,24H,4,12-13H2,1-3H3,(H,22,25). The van der Waals surface area contributed by atoms with Crippen molar-refractivity contribution in [1.82, 2.24) is 4.90 Å². The summed E-state index contributed by atoms with van der Waals surface area (Å²) < 4.78 is 13.8. The summed E-state index contributed by atoms with van der Waals surface area (Å²) in [6, 6.07) is 12.0. The second-order valence-electron chi connectivity index (χ2n) is 6.18. The zero-order chi connectivity index (χ0) is 18.4. The highest BCUT2D eigenvalue weighted by atomic mass is 19.1. The van der Waals surface area contributed by atoms with Crippen LogP contribution in [0.5, 0.6) is 0 Å². The number of aliphatic hydroxyl groups is 1. The molecule has 2 aromatic carbocycles. The molecule has 0 aliphatic carbocycles. The minimum Gasteiger partial charge on any atom is -0.387 e. The predicted octanol–water partition coefficient (Wildman–Crippen LogP) is 3.44. The molecule has 1 amide bonds. The molecule has 2 N–H and O–H groups in total. The number of anilines is 1. The molecule has 0 fully saturated rings. The first-order chi connectivity index (χ1) is 11.9. The number of aryl methyl sites for hydroxylation is 2. The van der Waals surface area contributed by atoms with Crippen LogP contribution in [0, 0.1) is 19.7 Å². The molecule has 0 heterocycles. The van der Waals surface area contributed by atoms with Crippen LogP contribution in [-0.2, 0) is 4.79 Å². The maximum Gasteiger partial charge on any atom is 0.238 e. The minimum absolute atomic E-state index is 0.135. The van der Waals surface area contributed by atoms with Gasteiger partial charge in [0.25, 0.3) is 0 Å². The fraction of sp³-hybridized carbons (Fsp3) is 0.350. The van der Waals surface area contributed by atoms with Gasteiger partial charge >= 0.3 is 0 Å². The molecular weight excluding hydrogens is 319 g/mol. The van der Waals surface area contributed by atoms with Gasteiger partial charge in [0, 0.05) is 17.8 Å². The summed E-state index contributed by atoms with van der Waals surface area (Å²) in [5.74, 6) is -0.592. The van der Waals surface area contributed by atoms with E-state index >= 15 is 0 Å². The van der Waals surface area contributed by atoms with E-state index in [1.807, 2.05) is 39.0 Å². The number of aliphatic hydroxyl groups excluding tert-OH is 1. The van der Waals surface area contributed by atoms with Crippen LogP contribution < -0.4 is 5.32 Å². The first kappa shape index (κ1) is 19.1. The van der Waals surface area contributed by atoms with Crippen molar-refractivity contribution in [2.75, 3.05) is 25.0 Å². The molecule has 25 heavy (non-hydrogen) atoms. The molecule has 4 nitrogen and oxygen atoms in total. The highest BCUT2D eigenvalue weighted by Crippen LogP contribution is 2.20. The monoisotopic (exact) mass is 344 g/mol. The van der Waals surface area contributed by atoms with E-state index in [1.165, 1.54) is 6.07 Å². The largest absolute Gasteiger partial charge is 0.387 e. The Bertz CT molecular complexity index is 713. The molecule has 0 aromatic heterocycles. The SMILES string of the molecule is CCN(CC(=O)Nc1c(C)cccc1C)CC(O)c1ccccc1F. The Kier molecular flexibility index (Phi) is 6.67. The summed E-state index contributed by atoms with van der Waals surface area (Å²) in [5, 5.41) is 13.2. The van der Waals surface area contributed by atoms with E-state index in [-0.39, 0.29) is 24.6 Å². The van der Waals surface area contributed by atoms with Gasteiger partial charge in [-0.2, -0.15) is 0 Å². The number of nitrogens with one attached hydrogen (secondary N) is 1. The van der Waals surface area contributed by atoms with Crippen molar-refractivity contribution in [2.45, 2.75) is 26.9 Å². The lowest BCUT2D eigenvalue weighted by Gasteiger charge is -2.24. The molecule has 0 spiro atoms. The van der Waals surface area contributed by atoms with E-state index in [0.29, 0.717) is 6.54 Å². The fourth-order valence-electron chi connectivity index (χ4n) is 2.79. The minimum atomic E-state index is -0.978. The van der Waals surface area contributed by atoms with Gasteiger partial charge < -0.3 is 10.4 Å². The molecule has 0 aliphatic rings. The molecule has 1 unspecified atom stereocenters. The third kappa shape index (κ3) is 5.11. The van der Waals surface area contributed by atoms with Crippen molar-refractivity contribution in [3.05, 3.63) is 65.0 Å². The number of nitrogens with zero attached hydrogens (tertiary/aromatic N) is 1. The summed E-state index contributed by atoms with van der Waals surface area (Å²) in [5.41, 5.74) is 3.07. The molecule has 0 saturated carbocycles. The number of amides is 1. The quantitative estimate of drug-likeness (QED) is 0.809. The lowest BCUT2D eigenvalue weighted by atomic mass is 10.1. The highest BCUT2D eigenvalue weighted by Gasteiger charge is 2.18. The van der Waals surface area contributed by atoms with Crippen LogP contribution in [0.4, 0.5) is 10.1 Å². The molecule has 1 atom stereocenters. The van der Waals surface area contributed by atoms with Crippen LogP contribution in [-0.4, -0.2) is 35.5 Å². The number of hydrogen-bond donors (Lipinski definition) is 2. The number of rotatable bonds is 7. The average molecular weight is 344 g/mol. The third-order valence-corrected chi connectivity index (χ3v) is 4.26. The topological polar surface area (TPSA) is 52.6 Å². The summed E-state index contributed by atoms with van der Waals surface area (Å²) in [7, 11) is 0. The summed E-state index contributed by atoms with van der Waals surface area (Å²) in [6.07, 6.45) is -0.978. The van der Waals surface area contributed by atoms with Crippen molar-refractivity contribution in [2.24, 2.45) is 0 Å². The van der Waals surface area contributed by atoms with Crippen molar-refractivity contribution in [1.29, 1.82) is 0 Å². The third-order valence-electron chi connectivity index (χ3n) is 4.26. The first-order valence-corrected chi connectivity index (χ1v) is 8.43. The van der Waals surface area contributed by atoms with Crippen LogP contribution in [0.3, 0.4) is 0 Å². The number of para-hydroxylation sites is 1. The van der Waals surface area contributed by atoms with Crippen molar-refractivity contribution in [3.63, 3.8) is 0 Å². The maximum atomic E-state index is 13.8. The van der Waals surface area contributed by atoms with Gasteiger partial charge in [0.15, 0.2) is 0 Å². The lowest BCUT2D eigenvalue weighted by molar-refractivity contribution is -0.117. The van der Waals surface area contributed by atoms with E-state index in [2.05, 4.69) is 5.32 Å². The number of hydrogen-bond acceptors (Lipinski definition) is 3. The van der Waals surface area contributed by atoms with Crippen LogP contribution in [0.15, 0.2) is 42.5 Å². The molecule has 0 saturated heterocycles. The smallest absolute Gasteiger partial charge is 0.238 e. The number of likely N-dealkylation sites (N-methyl/N-ethyl adjacent to an activating group) is 1. The Morgan fingerprint density at radius 1 is 1.16 bits per heavy atom. The number of carbonyl (C=O) groups excluding carboxylic acids is 1. The molecule has 2 rings (SSSR count). The van der Waals surface area contributed by atoms with Crippen LogP contribution in [0.25, 0.3) is 0 Å². The van der Waals surface area contributed by atoms with Crippen molar-refractivity contribution in [3.8, 4) is 0 Å². The van der Waals surface area contributed by atoms with E-state index < -0.39 is 11.9 Å². The van der Waals surface area contributed by atoms with Gasteiger partial charge in [-0.05, 0) is 37.6 Å². The molecule has 0 aliphatic heterocycles. The highest BCUT2D eigenvalue weighted by molar-refractivity contribution is 5.93. The Morgan fingerprint density at radius 3 is 2.40 bits per heavy atom. The van der Waals surface area contributed by atoms with Gasteiger partial charge in [-0.3, -0.25) is 9.69 Å². The Morgan fingerprint density at radius 2 is 1.80 bits per heavy atom. The van der Waals surface area contributed by atoms with Crippen molar-refractivity contribution < 1.29 is 14.3 Å². The first-order valence-electron chi connectivity index (χ1n) is 8.43. The van der Waals surface area contributed by atoms with E-state index in [0.717, 1.165) is 16.8 Å². The molecule has 134 valence electrons. The van der Waals surface area contributed by atoms with Crippen LogP contribution in [0.2, 0.25) is 0 Å². The maximum absolute atomic E-state index is 13.8. The van der Waals surface area contributed by atoms with Gasteiger partial charge in [-0.25, -0.2) is 4.39 Å². The molecule has 5 heteroatoms. The normalized spacial score (nSPS) is 12.2. The molecule has 0 radical (unpaired) electrons. The molecular formula is C20H25FN2O2. The van der Waals surface area contributed by atoms with Gasteiger partial charge in [-0.1, -0.05) is 43.3 Å². The number of carbonyl (C=O) groups is 1. The Labute approximate surface area is 148 Å². The van der Waals surface area contributed by atoms with Crippen LogP contribution in [0.1, 0.15) is 29.7 Å². The van der Waals surface area contributed by atoms with Gasteiger partial charge in [0.2, 0.25) is 5.91 Å². The second-order valence-corrected chi connectivity index (χ2v) is 6.18. The average Bonchev–Trinajstić information content (AvgIpc) is 2.58. The Hall–Kier alpha value is -2.24. The van der Waals surface area contributed by atoms with Gasteiger partial charge in [0.05, 0.1) is 12.6 Å². The van der Waals surface area contributed by atoms with Gasteiger partial charge in [-0.15, -0.1) is 0 Å². The second kappa shape index (κ2) is 8.74. The lowest BCUT2D eigenvalue weighted by Crippen LogP contribution is -2.36. The van der Waals surface area contributed by atoms with E-state index in [4.69, 9.17) is 0 Å². The zero-order valence-corrected chi connectivity index (χ0v) is 14.9. The fourth-order valence-corrected chi connectivity index (χ4v) is 2.79. The summed E-state index contributed by atoms with van der Waals surface area (Å²) in [6.45, 7) is 6.70. The summed E-state index contributed by atoms with van der Waals surface area (Å²) in [4.78, 5) is 14.2. The molecule has 0 bridgehead atoms. The van der Waals surface area contributed by atoms with Gasteiger partial charge in [0.1, 0.15) is 5.82 Å². The molecule has 2 aromatic rings. The van der Waals surface area contributed by atoms with Crippen molar-refractivity contribution >= 4 is 11.6 Å². The number of benzene rings is 2. The van der Waals surface area contributed by atoms with Crippen LogP contribution >= 0.6 is 0 Å². The summed E-state index contributed by atoms with van der Waals surface area (Å²) >= 11 is 0.